The number of hydrogen-bond acceptors (Lipinski definition) is 5. The molecule has 0 unspecified atom stereocenters. The van der Waals surface area contributed by atoms with Crippen LogP contribution in [0.1, 0.15) is 43.5 Å². The van der Waals surface area contributed by atoms with Gasteiger partial charge < -0.3 is 18.8 Å². The van der Waals surface area contributed by atoms with Crippen molar-refractivity contribution in [2.75, 3.05) is 19.8 Å². The number of imidazole rings is 1. The number of hydrogen-bond donors (Lipinski definition) is 0. The summed E-state index contributed by atoms with van der Waals surface area (Å²) in [6.07, 6.45) is 2.21. The lowest BCUT2D eigenvalue weighted by atomic mass is 10.1. The molecule has 0 atom stereocenters. The zero-order chi connectivity index (χ0) is 27.0. The largest absolute Gasteiger partial charge is 0.494 e. The van der Waals surface area contributed by atoms with Crippen LogP contribution < -0.4 is 14.2 Å². The molecular weight excluding hydrogens is 554 g/mol. The zero-order valence-electron chi connectivity index (χ0n) is 22.7. The predicted molar refractivity (Wildman–Crippen MR) is 158 cm³/mol. The zero-order valence-corrected chi connectivity index (χ0v) is 24.3. The number of aromatic nitrogens is 2. The second kappa shape index (κ2) is 13.2. The molecule has 39 heavy (non-hydrogen) atoms. The van der Waals surface area contributed by atoms with Crippen LogP contribution in [0.5, 0.6) is 17.2 Å². The second-order valence-corrected chi connectivity index (χ2v) is 10.5. The summed E-state index contributed by atoms with van der Waals surface area (Å²) in [6, 6.07) is 25.1. The Labute approximate surface area is 239 Å². The van der Waals surface area contributed by atoms with E-state index < -0.39 is 0 Å². The van der Waals surface area contributed by atoms with E-state index in [1.807, 2.05) is 25.1 Å². The molecule has 4 aromatic rings. The number of ether oxygens (including phenoxy) is 3. The molecule has 7 heteroatoms. The third kappa shape index (κ3) is 6.84. The highest BCUT2D eigenvalue weighted by atomic mass is 79.9. The van der Waals surface area contributed by atoms with Crippen molar-refractivity contribution in [2.24, 2.45) is 0 Å². The lowest BCUT2D eigenvalue weighted by Gasteiger charge is -2.25. The summed E-state index contributed by atoms with van der Waals surface area (Å²) in [7, 11) is 0. The summed E-state index contributed by atoms with van der Waals surface area (Å²) in [4.78, 5) is 7.45. The van der Waals surface area contributed by atoms with Gasteiger partial charge in [0.05, 0.1) is 12.3 Å². The standard InChI is InChI=1S/C32H36BrN3O3/c1-3-5-16-36-28(31(33)34-32(36)26-11-7-6-8-12-26)23-35(21-24-10-9-13-27(19-24)37-4-2)22-25-14-15-29-30(20-25)39-18-17-38-29/h6-15,19-20H,3-5,16-18,21-23H2,1-2H3. The molecule has 0 N–H and O–H groups in total. The number of fused-ring (bicyclic) bond motifs is 1. The minimum absolute atomic E-state index is 0.580. The molecule has 2 heterocycles. The first-order valence-corrected chi connectivity index (χ1v) is 14.6. The minimum atomic E-state index is 0.580. The van der Waals surface area contributed by atoms with Gasteiger partial charge >= 0.3 is 0 Å². The van der Waals surface area contributed by atoms with Crippen LogP contribution in [0.25, 0.3) is 11.4 Å². The van der Waals surface area contributed by atoms with E-state index in [-0.39, 0.29) is 0 Å². The number of halogens is 1. The first-order chi connectivity index (χ1) is 19.1. The van der Waals surface area contributed by atoms with Gasteiger partial charge in [-0.05, 0) is 64.7 Å². The van der Waals surface area contributed by atoms with E-state index in [0.717, 1.165) is 72.3 Å². The Kier molecular flexibility index (Phi) is 9.22. The third-order valence-electron chi connectivity index (χ3n) is 6.79. The molecule has 0 saturated carbocycles. The monoisotopic (exact) mass is 589 g/mol. The number of benzene rings is 3. The molecule has 3 aromatic carbocycles. The normalized spacial score (nSPS) is 12.6. The van der Waals surface area contributed by atoms with Crippen LogP contribution in [0.3, 0.4) is 0 Å². The molecule has 0 fully saturated rings. The SMILES string of the molecule is CCCCn1c(-c2ccccc2)nc(Br)c1CN(Cc1cccc(OCC)c1)Cc1ccc2c(c1)OCCO2. The maximum Gasteiger partial charge on any atom is 0.161 e. The molecule has 0 radical (unpaired) electrons. The highest BCUT2D eigenvalue weighted by molar-refractivity contribution is 9.10. The quantitative estimate of drug-likeness (QED) is 0.171. The summed E-state index contributed by atoms with van der Waals surface area (Å²) in [5, 5.41) is 0. The minimum Gasteiger partial charge on any atom is -0.494 e. The van der Waals surface area contributed by atoms with Gasteiger partial charge in [0.25, 0.3) is 0 Å². The summed E-state index contributed by atoms with van der Waals surface area (Å²) in [5.41, 5.74) is 4.70. The van der Waals surface area contributed by atoms with Gasteiger partial charge in [0.2, 0.25) is 0 Å². The average Bonchev–Trinajstić information content (AvgIpc) is 3.27. The van der Waals surface area contributed by atoms with Crippen LogP contribution >= 0.6 is 15.9 Å². The first kappa shape index (κ1) is 27.3. The Bertz CT molecular complexity index is 1370. The Balaban J connectivity index is 1.48. The maximum atomic E-state index is 5.88. The molecule has 0 spiro atoms. The van der Waals surface area contributed by atoms with Crippen molar-refractivity contribution in [2.45, 2.75) is 52.9 Å². The topological polar surface area (TPSA) is 48.8 Å². The van der Waals surface area contributed by atoms with Crippen molar-refractivity contribution in [1.29, 1.82) is 0 Å². The van der Waals surface area contributed by atoms with Gasteiger partial charge in [-0.2, -0.15) is 0 Å². The average molecular weight is 591 g/mol. The Hall–Kier alpha value is -3.29. The third-order valence-corrected chi connectivity index (χ3v) is 7.43. The highest BCUT2D eigenvalue weighted by Crippen LogP contribution is 2.33. The van der Waals surface area contributed by atoms with Crippen LogP contribution in [-0.4, -0.2) is 34.3 Å². The van der Waals surface area contributed by atoms with Crippen molar-refractivity contribution in [3.8, 4) is 28.6 Å². The number of rotatable bonds is 12. The molecule has 1 aliphatic rings. The van der Waals surface area contributed by atoms with Crippen molar-refractivity contribution < 1.29 is 14.2 Å². The fraction of sp³-hybridized carbons (Fsp3) is 0.344. The summed E-state index contributed by atoms with van der Waals surface area (Å²) in [5.74, 6) is 3.53. The van der Waals surface area contributed by atoms with E-state index in [0.29, 0.717) is 19.8 Å². The van der Waals surface area contributed by atoms with Gasteiger partial charge in [-0.15, -0.1) is 0 Å². The van der Waals surface area contributed by atoms with E-state index in [9.17, 15) is 0 Å². The molecular formula is C32H36BrN3O3. The Morgan fingerprint density at radius 3 is 2.41 bits per heavy atom. The summed E-state index contributed by atoms with van der Waals surface area (Å²) < 4.78 is 20.7. The van der Waals surface area contributed by atoms with Crippen LogP contribution in [0.15, 0.2) is 77.4 Å². The molecule has 0 amide bonds. The van der Waals surface area contributed by atoms with Gasteiger partial charge in [0, 0.05) is 31.7 Å². The van der Waals surface area contributed by atoms with Crippen molar-refractivity contribution in [3.05, 3.63) is 94.2 Å². The smallest absolute Gasteiger partial charge is 0.161 e. The lowest BCUT2D eigenvalue weighted by molar-refractivity contribution is 0.170. The van der Waals surface area contributed by atoms with Crippen molar-refractivity contribution in [1.82, 2.24) is 14.5 Å². The van der Waals surface area contributed by atoms with E-state index in [1.165, 1.54) is 16.8 Å². The number of unbranched alkanes of at least 4 members (excludes halogenated alkanes) is 1. The molecule has 6 nitrogen and oxygen atoms in total. The summed E-state index contributed by atoms with van der Waals surface area (Å²) >= 11 is 3.82. The second-order valence-electron chi connectivity index (χ2n) is 9.75. The first-order valence-electron chi connectivity index (χ1n) is 13.8. The Morgan fingerprint density at radius 1 is 0.872 bits per heavy atom. The molecule has 204 valence electrons. The van der Waals surface area contributed by atoms with Gasteiger partial charge in [0.1, 0.15) is 29.4 Å². The van der Waals surface area contributed by atoms with Gasteiger partial charge in [-0.1, -0.05) is 61.9 Å². The maximum absolute atomic E-state index is 5.88. The Morgan fingerprint density at radius 2 is 1.64 bits per heavy atom. The highest BCUT2D eigenvalue weighted by Gasteiger charge is 2.21. The predicted octanol–water partition coefficient (Wildman–Crippen LogP) is 7.49. The number of nitrogens with zero attached hydrogens (tertiary/aromatic N) is 3. The van der Waals surface area contributed by atoms with Crippen LogP contribution in [0.4, 0.5) is 0 Å². The molecule has 0 bridgehead atoms. The van der Waals surface area contributed by atoms with Crippen LogP contribution in [-0.2, 0) is 26.2 Å². The molecule has 1 aliphatic heterocycles. The van der Waals surface area contributed by atoms with Gasteiger partial charge in [-0.25, -0.2) is 4.98 Å². The lowest BCUT2D eigenvalue weighted by Crippen LogP contribution is -2.25. The molecule has 1 aromatic heterocycles. The summed E-state index contributed by atoms with van der Waals surface area (Å²) in [6.45, 7) is 9.24. The van der Waals surface area contributed by atoms with Gasteiger partial charge in [0.15, 0.2) is 11.5 Å². The fourth-order valence-corrected chi connectivity index (χ4v) is 5.46. The molecule has 0 saturated heterocycles. The molecule has 5 rings (SSSR count). The van der Waals surface area contributed by atoms with Crippen LogP contribution in [0.2, 0.25) is 0 Å². The van der Waals surface area contributed by atoms with Crippen molar-refractivity contribution >= 4 is 15.9 Å². The van der Waals surface area contributed by atoms with Crippen LogP contribution in [0, 0.1) is 0 Å². The van der Waals surface area contributed by atoms with E-state index >= 15 is 0 Å². The van der Waals surface area contributed by atoms with E-state index in [1.54, 1.807) is 0 Å². The fourth-order valence-electron chi connectivity index (χ4n) is 4.95. The van der Waals surface area contributed by atoms with E-state index in [4.69, 9.17) is 19.2 Å². The molecule has 0 aliphatic carbocycles. The van der Waals surface area contributed by atoms with Gasteiger partial charge in [-0.3, -0.25) is 4.90 Å². The van der Waals surface area contributed by atoms with E-state index in [2.05, 4.69) is 86.9 Å². The van der Waals surface area contributed by atoms with Crippen molar-refractivity contribution in [3.63, 3.8) is 0 Å².